The SMILES string of the molecule is Cl.O=C1N[C@@H](c2c(F)cc(Br)cc2F)C(F)(F)CO1. The van der Waals surface area contributed by atoms with E-state index in [-0.39, 0.29) is 16.9 Å². The number of benzene rings is 1. The summed E-state index contributed by atoms with van der Waals surface area (Å²) in [6.45, 7) is -1.22. The number of alkyl carbamates (subject to hydrolysis) is 1. The molecule has 0 radical (unpaired) electrons. The molecular weight excluding hydrogens is 357 g/mol. The first-order chi connectivity index (χ1) is 8.31. The molecule has 19 heavy (non-hydrogen) atoms. The van der Waals surface area contributed by atoms with Crippen molar-refractivity contribution in [1.29, 1.82) is 0 Å². The van der Waals surface area contributed by atoms with Crippen LogP contribution in [0.2, 0.25) is 0 Å². The normalized spacial score (nSPS) is 21.1. The maximum Gasteiger partial charge on any atom is 0.408 e. The number of carbonyl (C=O) groups excluding carboxylic acids is 1. The minimum Gasteiger partial charge on any atom is -0.443 e. The van der Waals surface area contributed by atoms with Gasteiger partial charge < -0.3 is 10.1 Å². The van der Waals surface area contributed by atoms with Gasteiger partial charge in [-0.1, -0.05) is 15.9 Å². The number of rotatable bonds is 1. The van der Waals surface area contributed by atoms with E-state index in [1.807, 2.05) is 0 Å². The minimum absolute atomic E-state index is 0. The Morgan fingerprint density at radius 1 is 1.32 bits per heavy atom. The number of nitrogens with one attached hydrogen (secondary N) is 1. The molecule has 0 saturated carbocycles. The van der Waals surface area contributed by atoms with E-state index in [9.17, 15) is 22.4 Å². The number of ether oxygens (including phenoxy) is 1. The number of halogens is 6. The Morgan fingerprint density at radius 2 is 1.84 bits per heavy atom. The number of amides is 1. The average Bonchev–Trinajstić information content (AvgIpc) is 2.22. The van der Waals surface area contributed by atoms with Crippen LogP contribution in [0.15, 0.2) is 16.6 Å². The molecule has 2 rings (SSSR count). The Bertz CT molecular complexity index is 491. The van der Waals surface area contributed by atoms with Gasteiger partial charge in [0.2, 0.25) is 0 Å². The molecule has 1 saturated heterocycles. The van der Waals surface area contributed by atoms with Crippen LogP contribution in [0.25, 0.3) is 0 Å². The minimum atomic E-state index is -3.59. The Hall–Kier alpha value is -1.02. The van der Waals surface area contributed by atoms with E-state index < -0.39 is 41.9 Å². The van der Waals surface area contributed by atoms with Crippen molar-refractivity contribution in [3.05, 3.63) is 33.8 Å². The summed E-state index contributed by atoms with van der Waals surface area (Å²) in [6.07, 6.45) is -1.15. The van der Waals surface area contributed by atoms with Crippen LogP contribution in [0.4, 0.5) is 22.4 Å². The molecule has 0 aromatic heterocycles. The van der Waals surface area contributed by atoms with Crippen LogP contribution in [-0.4, -0.2) is 18.6 Å². The number of cyclic esters (lactones) is 1. The van der Waals surface area contributed by atoms with Gasteiger partial charge in [0.05, 0.1) is 5.56 Å². The molecular formula is C10H7BrClF4NO2. The van der Waals surface area contributed by atoms with Gasteiger partial charge in [-0.25, -0.2) is 22.4 Å². The maximum absolute atomic E-state index is 13.6. The zero-order chi connectivity index (χ0) is 13.5. The summed E-state index contributed by atoms with van der Waals surface area (Å²) in [5.74, 6) is -5.94. The van der Waals surface area contributed by atoms with Crippen LogP contribution in [0, 0.1) is 11.6 Å². The largest absolute Gasteiger partial charge is 0.443 e. The highest BCUT2D eigenvalue weighted by Gasteiger charge is 2.49. The van der Waals surface area contributed by atoms with Gasteiger partial charge in [0.15, 0.2) is 6.61 Å². The monoisotopic (exact) mass is 363 g/mol. The van der Waals surface area contributed by atoms with E-state index in [1.165, 1.54) is 0 Å². The first-order valence-electron chi connectivity index (χ1n) is 4.77. The fourth-order valence-electron chi connectivity index (χ4n) is 1.62. The molecule has 1 aromatic rings. The van der Waals surface area contributed by atoms with Gasteiger partial charge in [-0.3, -0.25) is 0 Å². The molecule has 1 aliphatic rings. The van der Waals surface area contributed by atoms with Crippen molar-refractivity contribution < 1.29 is 27.1 Å². The smallest absolute Gasteiger partial charge is 0.408 e. The second kappa shape index (κ2) is 5.54. The molecule has 1 heterocycles. The van der Waals surface area contributed by atoms with E-state index in [1.54, 1.807) is 5.32 Å². The second-order valence-corrected chi connectivity index (χ2v) is 4.61. The van der Waals surface area contributed by atoms with E-state index in [0.717, 1.165) is 12.1 Å². The first-order valence-corrected chi connectivity index (χ1v) is 5.56. The van der Waals surface area contributed by atoms with Gasteiger partial charge in [0, 0.05) is 4.47 Å². The first kappa shape index (κ1) is 16.0. The Labute approximate surface area is 119 Å². The lowest BCUT2D eigenvalue weighted by Gasteiger charge is -2.32. The van der Waals surface area contributed by atoms with E-state index in [2.05, 4.69) is 20.7 Å². The van der Waals surface area contributed by atoms with Crippen LogP contribution in [0.1, 0.15) is 11.6 Å². The highest BCUT2D eigenvalue weighted by atomic mass is 79.9. The van der Waals surface area contributed by atoms with Gasteiger partial charge >= 0.3 is 12.0 Å². The number of hydrogen-bond donors (Lipinski definition) is 1. The molecule has 0 unspecified atom stereocenters. The quantitative estimate of drug-likeness (QED) is 0.774. The molecule has 0 aliphatic carbocycles. The second-order valence-electron chi connectivity index (χ2n) is 3.70. The molecule has 1 N–H and O–H groups in total. The van der Waals surface area contributed by atoms with Crippen molar-refractivity contribution >= 4 is 34.4 Å². The van der Waals surface area contributed by atoms with Crippen molar-refractivity contribution in [2.45, 2.75) is 12.0 Å². The number of carbonyl (C=O) groups is 1. The molecule has 1 aromatic carbocycles. The molecule has 1 amide bonds. The van der Waals surface area contributed by atoms with Crippen molar-refractivity contribution in [1.82, 2.24) is 5.32 Å². The Balaban J connectivity index is 0.00000180. The summed E-state index contributed by atoms with van der Waals surface area (Å²) in [6, 6.07) is -0.404. The van der Waals surface area contributed by atoms with Crippen molar-refractivity contribution in [3.63, 3.8) is 0 Å². The topological polar surface area (TPSA) is 38.3 Å². The predicted molar refractivity (Wildman–Crippen MR) is 63.5 cm³/mol. The Kier molecular flexibility index (Phi) is 4.67. The van der Waals surface area contributed by atoms with E-state index in [4.69, 9.17) is 0 Å². The van der Waals surface area contributed by atoms with Gasteiger partial charge in [0.25, 0.3) is 0 Å². The van der Waals surface area contributed by atoms with E-state index in [0.29, 0.717) is 0 Å². The third kappa shape index (κ3) is 3.11. The van der Waals surface area contributed by atoms with Gasteiger partial charge in [0.1, 0.15) is 17.7 Å². The molecule has 1 fully saturated rings. The van der Waals surface area contributed by atoms with Gasteiger partial charge in [-0.15, -0.1) is 12.4 Å². The lowest BCUT2D eigenvalue weighted by atomic mass is 9.99. The molecule has 0 spiro atoms. The summed E-state index contributed by atoms with van der Waals surface area (Å²) >= 11 is 2.83. The average molecular weight is 365 g/mol. The summed E-state index contributed by atoms with van der Waals surface area (Å²) in [5.41, 5.74) is -0.889. The molecule has 1 atom stereocenters. The lowest BCUT2D eigenvalue weighted by molar-refractivity contribution is -0.105. The standard InChI is InChI=1S/C10H6BrF4NO2.ClH/c11-4-1-5(12)7(6(13)2-4)8-10(14,15)3-18-9(17)16-8;/h1-2,8H,3H2,(H,16,17);1H/t8-;/m0./s1. The summed E-state index contributed by atoms with van der Waals surface area (Å²) in [5, 5.41) is 1.72. The fourth-order valence-corrected chi connectivity index (χ4v) is 2.02. The van der Waals surface area contributed by atoms with E-state index >= 15 is 0 Å². The highest BCUT2D eigenvalue weighted by Crippen LogP contribution is 2.37. The van der Waals surface area contributed by atoms with Crippen LogP contribution >= 0.6 is 28.3 Å². The van der Waals surface area contributed by atoms with Gasteiger partial charge in [-0.2, -0.15) is 0 Å². The molecule has 3 nitrogen and oxygen atoms in total. The number of hydrogen-bond acceptors (Lipinski definition) is 2. The fraction of sp³-hybridized carbons (Fsp3) is 0.300. The van der Waals surface area contributed by atoms with Crippen LogP contribution in [-0.2, 0) is 4.74 Å². The lowest BCUT2D eigenvalue weighted by Crippen LogP contribution is -2.50. The summed E-state index contributed by atoms with van der Waals surface area (Å²) in [7, 11) is 0. The number of alkyl halides is 2. The van der Waals surface area contributed by atoms with Crippen LogP contribution in [0.3, 0.4) is 0 Å². The van der Waals surface area contributed by atoms with Crippen molar-refractivity contribution in [2.75, 3.05) is 6.61 Å². The zero-order valence-electron chi connectivity index (χ0n) is 9.05. The summed E-state index contributed by atoms with van der Waals surface area (Å²) < 4.78 is 58.3. The maximum atomic E-state index is 13.6. The van der Waals surface area contributed by atoms with Crippen molar-refractivity contribution in [3.8, 4) is 0 Å². The highest BCUT2D eigenvalue weighted by molar-refractivity contribution is 9.10. The molecule has 1 aliphatic heterocycles. The third-order valence-electron chi connectivity index (χ3n) is 2.41. The Morgan fingerprint density at radius 3 is 2.37 bits per heavy atom. The van der Waals surface area contributed by atoms with Crippen LogP contribution < -0.4 is 5.32 Å². The van der Waals surface area contributed by atoms with Crippen molar-refractivity contribution in [2.24, 2.45) is 0 Å². The van der Waals surface area contributed by atoms with Crippen LogP contribution in [0.5, 0.6) is 0 Å². The van der Waals surface area contributed by atoms with Gasteiger partial charge in [-0.05, 0) is 12.1 Å². The zero-order valence-corrected chi connectivity index (χ0v) is 11.5. The third-order valence-corrected chi connectivity index (χ3v) is 2.87. The summed E-state index contributed by atoms with van der Waals surface area (Å²) in [4.78, 5) is 10.9. The predicted octanol–water partition coefficient (Wildman–Crippen LogP) is 3.57. The molecule has 106 valence electrons. The molecule has 0 bridgehead atoms. The molecule has 9 heteroatoms.